The summed E-state index contributed by atoms with van der Waals surface area (Å²) in [6.07, 6.45) is 3.04. The maximum atomic E-state index is 15.2. The van der Waals surface area contributed by atoms with Crippen LogP contribution in [0.5, 0.6) is 5.75 Å². The van der Waals surface area contributed by atoms with Crippen LogP contribution >= 0.6 is 0 Å². The fourth-order valence-corrected chi connectivity index (χ4v) is 5.53. The van der Waals surface area contributed by atoms with Crippen molar-refractivity contribution in [2.24, 2.45) is 5.92 Å². The molecular formula is C25H21F2N5O7. The zero-order valence-corrected chi connectivity index (χ0v) is 20.5. The average molecular weight is 541 g/mol. The second-order valence-electron chi connectivity index (χ2n) is 9.91. The number of hydrogen-bond acceptors (Lipinski definition) is 7. The highest BCUT2D eigenvalue weighted by Gasteiger charge is 2.56. The monoisotopic (exact) mass is 541 g/mol. The number of carbonyl (C=O) groups is 5. The van der Waals surface area contributed by atoms with E-state index in [1.165, 1.54) is 43.2 Å². The van der Waals surface area contributed by atoms with Gasteiger partial charge >= 0.3 is 12.1 Å². The Hall–Kier alpha value is -4.75. The number of rotatable bonds is 5. The highest BCUT2D eigenvalue weighted by Crippen LogP contribution is 2.42. The van der Waals surface area contributed by atoms with Gasteiger partial charge in [0.05, 0.1) is 19.2 Å². The van der Waals surface area contributed by atoms with Gasteiger partial charge in [0.15, 0.2) is 17.1 Å². The van der Waals surface area contributed by atoms with Gasteiger partial charge in [-0.1, -0.05) is 12.1 Å². The summed E-state index contributed by atoms with van der Waals surface area (Å²) in [5.41, 5.74) is -3.50. The molecule has 12 nitrogen and oxygen atoms in total. The molecule has 0 spiro atoms. The van der Waals surface area contributed by atoms with Gasteiger partial charge in [-0.05, 0) is 30.7 Å². The Labute approximate surface area is 219 Å². The molecule has 4 aliphatic heterocycles. The first-order chi connectivity index (χ1) is 18.5. The molecule has 4 heterocycles. The fourth-order valence-electron chi connectivity index (χ4n) is 5.53. The number of nitrogens with zero attached hydrogens (tertiary/aromatic N) is 1. The Bertz CT molecular complexity index is 1500. The van der Waals surface area contributed by atoms with E-state index in [-0.39, 0.29) is 29.2 Å². The zero-order chi connectivity index (χ0) is 27.9. The number of hydrogen-bond donors (Lipinski definition) is 4. The van der Waals surface area contributed by atoms with Crippen LogP contribution in [0.15, 0.2) is 47.5 Å². The van der Waals surface area contributed by atoms with Crippen molar-refractivity contribution in [3.8, 4) is 5.75 Å². The molecule has 2 fully saturated rings. The first kappa shape index (κ1) is 24.6. The molecule has 5 aliphatic rings. The summed E-state index contributed by atoms with van der Waals surface area (Å²) in [5.74, 6) is -4.78. The third-order valence-corrected chi connectivity index (χ3v) is 7.56. The van der Waals surface area contributed by atoms with Crippen molar-refractivity contribution in [2.45, 2.75) is 30.7 Å². The molecule has 0 aromatic heterocycles. The zero-order valence-electron chi connectivity index (χ0n) is 20.5. The van der Waals surface area contributed by atoms with E-state index in [9.17, 15) is 28.4 Å². The summed E-state index contributed by atoms with van der Waals surface area (Å²) in [4.78, 5) is 63.9. The number of imide groups is 2. The van der Waals surface area contributed by atoms with Crippen LogP contribution in [0, 0.1) is 11.7 Å². The molecule has 14 heteroatoms. The molecule has 202 valence electrons. The molecule has 0 saturated carbocycles. The topological polar surface area (TPSA) is 155 Å². The van der Waals surface area contributed by atoms with E-state index >= 15 is 4.39 Å². The van der Waals surface area contributed by atoms with Gasteiger partial charge in [-0.2, -0.15) is 0 Å². The first-order valence-corrected chi connectivity index (χ1v) is 11.9. The highest BCUT2D eigenvalue weighted by atomic mass is 19.1. The number of fused-ring (bicyclic) bond motifs is 2. The maximum Gasteiger partial charge on any atom is 0.322 e. The summed E-state index contributed by atoms with van der Waals surface area (Å²) in [7, 11) is 1.27. The molecule has 7 amide bonds. The van der Waals surface area contributed by atoms with Crippen LogP contribution in [0.2, 0.25) is 0 Å². The van der Waals surface area contributed by atoms with E-state index in [1.807, 2.05) is 0 Å². The van der Waals surface area contributed by atoms with Crippen LogP contribution in [0.4, 0.5) is 18.4 Å². The van der Waals surface area contributed by atoms with Gasteiger partial charge in [-0.25, -0.2) is 18.4 Å². The molecular weight excluding hydrogens is 520 g/mol. The van der Waals surface area contributed by atoms with Gasteiger partial charge in [-0.3, -0.25) is 25.0 Å². The number of nitrogens with one attached hydrogen (secondary N) is 4. The Morgan fingerprint density at radius 2 is 1.74 bits per heavy atom. The Morgan fingerprint density at radius 3 is 2.38 bits per heavy atom. The number of amides is 7. The second-order valence-corrected chi connectivity index (χ2v) is 9.91. The molecule has 6 rings (SSSR count). The molecule has 39 heavy (non-hydrogen) atoms. The van der Waals surface area contributed by atoms with Crippen LogP contribution < -0.4 is 26.0 Å². The first-order valence-electron chi connectivity index (χ1n) is 11.9. The van der Waals surface area contributed by atoms with Crippen LogP contribution in [0.25, 0.3) is 0 Å². The number of benzene rings is 1. The van der Waals surface area contributed by atoms with Crippen LogP contribution in [-0.2, 0) is 20.9 Å². The highest BCUT2D eigenvalue weighted by molar-refractivity contribution is 6.10. The van der Waals surface area contributed by atoms with Gasteiger partial charge in [-0.15, -0.1) is 0 Å². The standard InChI is InChI=1S/C25H21F2N5O7/c1-24(20(34)28-22(36)30-24)12-5-11-6-16(39-15(11)7-13(12)26)25(21(35)29-23(37)31-25)9-32-8-10-3-4-14(38-2)18(27)17(10)19(32)33/h3-7,11,15H,8-9H2,1-2H3,(H2,28,30,34,36)(H2,29,31,35,37). The van der Waals surface area contributed by atoms with Gasteiger partial charge in [0.1, 0.15) is 23.2 Å². The molecule has 1 aromatic rings. The van der Waals surface area contributed by atoms with E-state index in [0.29, 0.717) is 5.56 Å². The minimum absolute atomic E-state index is 0.0497. The Balaban J connectivity index is 1.34. The van der Waals surface area contributed by atoms with Crippen molar-refractivity contribution in [1.82, 2.24) is 26.2 Å². The lowest BCUT2D eigenvalue weighted by atomic mass is 9.82. The molecule has 0 bridgehead atoms. The lowest BCUT2D eigenvalue weighted by molar-refractivity contribution is -0.124. The number of carbonyl (C=O) groups excluding carboxylic acids is 5. The van der Waals surface area contributed by atoms with Gasteiger partial charge in [0.2, 0.25) is 0 Å². The lowest BCUT2D eigenvalue weighted by Gasteiger charge is -2.32. The van der Waals surface area contributed by atoms with E-state index in [2.05, 4.69) is 21.3 Å². The third-order valence-electron chi connectivity index (χ3n) is 7.56. The van der Waals surface area contributed by atoms with Crippen LogP contribution in [0.1, 0.15) is 22.8 Å². The van der Waals surface area contributed by atoms with Gasteiger partial charge < -0.3 is 25.0 Å². The van der Waals surface area contributed by atoms with E-state index < -0.39 is 71.1 Å². The summed E-state index contributed by atoms with van der Waals surface area (Å²) in [6, 6.07) is 1.31. The van der Waals surface area contributed by atoms with Crippen molar-refractivity contribution in [3.05, 3.63) is 64.5 Å². The summed E-state index contributed by atoms with van der Waals surface area (Å²) in [5, 5.41) is 9.14. The van der Waals surface area contributed by atoms with Crippen molar-refractivity contribution in [1.29, 1.82) is 0 Å². The summed E-state index contributed by atoms with van der Waals surface area (Å²) in [6.45, 7) is 0.889. The van der Waals surface area contributed by atoms with Crippen LogP contribution in [0.3, 0.4) is 0 Å². The maximum absolute atomic E-state index is 15.2. The van der Waals surface area contributed by atoms with Gasteiger partial charge in [0.25, 0.3) is 17.7 Å². The largest absolute Gasteiger partial charge is 0.494 e. The number of urea groups is 2. The predicted octanol–water partition coefficient (Wildman–Crippen LogP) is 0.659. The van der Waals surface area contributed by atoms with Gasteiger partial charge in [0, 0.05) is 18.0 Å². The van der Waals surface area contributed by atoms with Crippen molar-refractivity contribution < 1.29 is 42.2 Å². The molecule has 4 atom stereocenters. The fraction of sp³-hybridized carbons (Fsp3) is 0.320. The van der Waals surface area contributed by atoms with E-state index in [0.717, 1.165) is 6.08 Å². The van der Waals surface area contributed by atoms with Crippen LogP contribution in [-0.4, -0.2) is 65.5 Å². The Kier molecular flexibility index (Phi) is 5.12. The molecule has 1 aliphatic carbocycles. The van der Waals surface area contributed by atoms with Crippen molar-refractivity contribution in [2.75, 3.05) is 13.7 Å². The molecule has 1 aromatic carbocycles. The number of ether oxygens (including phenoxy) is 2. The second kappa shape index (κ2) is 8.12. The average Bonchev–Trinajstić information content (AvgIpc) is 3.58. The number of methoxy groups -OCH3 is 1. The third kappa shape index (κ3) is 3.43. The normalized spacial score (nSPS) is 30.9. The minimum atomic E-state index is -1.89. The summed E-state index contributed by atoms with van der Waals surface area (Å²) >= 11 is 0. The van der Waals surface area contributed by atoms with Crippen molar-refractivity contribution in [3.63, 3.8) is 0 Å². The van der Waals surface area contributed by atoms with Crippen molar-refractivity contribution >= 4 is 29.8 Å². The molecule has 4 N–H and O–H groups in total. The molecule has 4 unspecified atom stereocenters. The Morgan fingerprint density at radius 1 is 1.03 bits per heavy atom. The summed E-state index contributed by atoms with van der Waals surface area (Å²) < 4.78 is 40.9. The smallest absolute Gasteiger partial charge is 0.322 e. The number of halogens is 2. The van der Waals surface area contributed by atoms with E-state index in [1.54, 1.807) is 0 Å². The molecule has 2 saturated heterocycles. The SMILES string of the molecule is COc1ccc2c(c1F)C(=O)N(CC1(C3=CC4C=C(C5(C)NC(=O)NC5=O)C(F)=CC4O3)NC(=O)NC1=O)C2. The lowest BCUT2D eigenvalue weighted by Crippen LogP contribution is -2.57. The minimum Gasteiger partial charge on any atom is -0.494 e. The molecule has 0 radical (unpaired) electrons. The predicted molar refractivity (Wildman–Crippen MR) is 126 cm³/mol. The quantitative estimate of drug-likeness (QED) is 0.399. The van der Waals surface area contributed by atoms with E-state index in [4.69, 9.17) is 9.47 Å².